The Bertz CT molecular complexity index is 485. The molecular formula is C10H13ClN4S. The second kappa shape index (κ2) is 5.01. The number of fused-ring (bicyclic) bond motifs is 1. The van der Waals surface area contributed by atoms with Gasteiger partial charge in [0.15, 0.2) is 5.65 Å². The topological polar surface area (TPSA) is 54.5 Å². The third kappa shape index (κ3) is 2.47. The molecule has 0 saturated carbocycles. The highest BCUT2D eigenvalue weighted by molar-refractivity contribution is 7.99. The molecule has 0 aliphatic heterocycles. The molecule has 0 amide bonds. The number of hydrogen-bond acceptors (Lipinski definition) is 4. The molecule has 16 heavy (non-hydrogen) atoms. The highest BCUT2D eigenvalue weighted by atomic mass is 35.5. The summed E-state index contributed by atoms with van der Waals surface area (Å²) in [6, 6.07) is 0. The largest absolute Gasteiger partial charge is 0.261 e. The second-order valence-electron chi connectivity index (χ2n) is 3.75. The molecule has 0 saturated heterocycles. The van der Waals surface area contributed by atoms with Gasteiger partial charge in [0.05, 0.1) is 11.6 Å². The minimum Gasteiger partial charge on any atom is -0.261 e. The third-order valence-corrected chi connectivity index (χ3v) is 3.94. The molecule has 0 fully saturated rings. The van der Waals surface area contributed by atoms with Gasteiger partial charge in [0.1, 0.15) is 5.03 Å². The van der Waals surface area contributed by atoms with E-state index >= 15 is 0 Å². The number of aromatic amines is 1. The van der Waals surface area contributed by atoms with Crippen LogP contribution in [0, 0.1) is 5.92 Å². The molecule has 1 N–H and O–H groups in total. The van der Waals surface area contributed by atoms with Gasteiger partial charge < -0.3 is 0 Å². The molecule has 0 aromatic carbocycles. The van der Waals surface area contributed by atoms with Gasteiger partial charge in [-0.05, 0) is 17.5 Å². The van der Waals surface area contributed by atoms with E-state index in [-0.39, 0.29) is 5.28 Å². The molecule has 0 aliphatic carbocycles. The first kappa shape index (κ1) is 11.7. The third-order valence-electron chi connectivity index (χ3n) is 2.45. The van der Waals surface area contributed by atoms with Crippen molar-refractivity contribution in [1.82, 2.24) is 20.2 Å². The number of thioether (sulfide) groups is 1. The molecule has 0 spiro atoms. The molecule has 2 aromatic heterocycles. The molecule has 2 heterocycles. The van der Waals surface area contributed by atoms with Crippen LogP contribution >= 0.6 is 23.4 Å². The van der Waals surface area contributed by atoms with Crippen molar-refractivity contribution in [1.29, 1.82) is 0 Å². The lowest BCUT2D eigenvalue weighted by molar-refractivity contribution is 0.636. The van der Waals surface area contributed by atoms with Gasteiger partial charge in [-0.15, -0.1) is 11.8 Å². The molecule has 1 atom stereocenters. The van der Waals surface area contributed by atoms with Crippen LogP contribution in [-0.4, -0.2) is 25.9 Å². The van der Waals surface area contributed by atoms with Crippen molar-refractivity contribution in [2.75, 3.05) is 5.75 Å². The molecule has 86 valence electrons. The van der Waals surface area contributed by atoms with Crippen LogP contribution in [0.25, 0.3) is 11.0 Å². The zero-order valence-corrected chi connectivity index (χ0v) is 10.8. The summed E-state index contributed by atoms with van der Waals surface area (Å²) in [7, 11) is 0. The first-order valence-corrected chi connectivity index (χ1v) is 6.56. The van der Waals surface area contributed by atoms with Crippen molar-refractivity contribution in [3.05, 3.63) is 11.5 Å². The van der Waals surface area contributed by atoms with Crippen molar-refractivity contribution in [3.8, 4) is 0 Å². The summed E-state index contributed by atoms with van der Waals surface area (Å²) in [4.78, 5) is 8.30. The van der Waals surface area contributed by atoms with Gasteiger partial charge in [0.25, 0.3) is 0 Å². The van der Waals surface area contributed by atoms with E-state index in [9.17, 15) is 0 Å². The lowest BCUT2D eigenvalue weighted by atomic mass is 10.2. The SMILES string of the molecule is CCC(C)CSc1nc(Cl)nc2[nH]ncc12. The predicted octanol–water partition coefficient (Wildman–Crippen LogP) is 3.14. The van der Waals surface area contributed by atoms with Crippen molar-refractivity contribution in [2.24, 2.45) is 5.92 Å². The van der Waals surface area contributed by atoms with Gasteiger partial charge >= 0.3 is 0 Å². The van der Waals surface area contributed by atoms with E-state index in [0.717, 1.165) is 16.2 Å². The smallest absolute Gasteiger partial charge is 0.225 e. The Labute approximate surface area is 103 Å². The van der Waals surface area contributed by atoms with Crippen LogP contribution in [0.4, 0.5) is 0 Å². The zero-order valence-electron chi connectivity index (χ0n) is 9.20. The Balaban J connectivity index is 2.25. The summed E-state index contributed by atoms with van der Waals surface area (Å²) in [5, 5.41) is 8.87. The molecular weight excluding hydrogens is 244 g/mol. The number of rotatable bonds is 4. The summed E-state index contributed by atoms with van der Waals surface area (Å²) >= 11 is 7.55. The minimum absolute atomic E-state index is 0.267. The number of H-pyrrole nitrogens is 1. The van der Waals surface area contributed by atoms with Crippen LogP contribution in [0.15, 0.2) is 11.2 Å². The van der Waals surface area contributed by atoms with Crippen LogP contribution in [-0.2, 0) is 0 Å². The molecule has 2 rings (SSSR count). The molecule has 6 heteroatoms. The van der Waals surface area contributed by atoms with Gasteiger partial charge in [-0.3, -0.25) is 5.10 Å². The fraction of sp³-hybridized carbons (Fsp3) is 0.500. The number of halogens is 1. The normalized spacial score (nSPS) is 13.2. The fourth-order valence-corrected chi connectivity index (χ4v) is 2.58. The van der Waals surface area contributed by atoms with Crippen LogP contribution < -0.4 is 0 Å². The van der Waals surface area contributed by atoms with Crippen LogP contribution in [0.1, 0.15) is 20.3 Å². The van der Waals surface area contributed by atoms with E-state index in [0.29, 0.717) is 11.6 Å². The monoisotopic (exact) mass is 256 g/mol. The van der Waals surface area contributed by atoms with E-state index in [4.69, 9.17) is 11.6 Å². The van der Waals surface area contributed by atoms with Crippen molar-refractivity contribution >= 4 is 34.4 Å². The summed E-state index contributed by atoms with van der Waals surface area (Å²) < 4.78 is 0. The lowest BCUT2D eigenvalue weighted by Crippen LogP contribution is -1.97. The minimum atomic E-state index is 0.267. The highest BCUT2D eigenvalue weighted by Gasteiger charge is 2.10. The summed E-state index contributed by atoms with van der Waals surface area (Å²) in [6.45, 7) is 4.41. The summed E-state index contributed by atoms with van der Waals surface area (Å²) in [5.74, 6) is 1.70. The maximum Gasteiger partial charge on any atom is 0.225 e. The summed E-state index contributed by atoms with van der Waals surface area (Å²) in [6.07, 6.45) is 2.91. The molecule has 0 bridgehead atoms. The first-order chi connectivity index (χ1) is 7.70. The van der Waals surface area contributed by atoms with Gasteiger partial charge in [0, 0.05) is 5.75 Å². The van der Waals surface area contributed by atoms with Crippen LogP contribution in [0.2, 0.25) is 5.28 Å². The Kier molecular flexibility index (Phi) is 3.66. The number of hydrogen-bond donors (Lipinski definition) is 1. The molecule has 0 aliphatic rings. The van der Waals surface area contributed by atoms with E-state index in [1.807, 2.05) is 0 Å². The lowest BCUT2D eigenvalue weighted by Gasteiger charge is -2.07. The quantitative estimate of drug-likeness (QED) is 0.519. The van der Waals surface area contributed by atoms with Gasteiger partial charge in [0.2, 0.25) is 5.28 Å². The zero-order chi connectivity index (χ0) is 11.5. The average Bonchev–Trinajstić information content (AvgIpc) is 2.73. The maximum absolute atomic E-state index is 5.85. The highest BCUT2D eigenvalue weighted by Crippen LogP contribution is 2.27. The van der Waals surface area contributed by atoms with E-state index < -0.39 is 0 Å². The second-order valence-corrected chi connectivity index (χ2v) is 5.10. The van der Waals surface area contributed by atoms with E-state index in [1.165, 1.54) is 6.42 Å². The molecule has 0 radical (unpaired) electrons. The van der Waals surface area contributed by atoms with Gasteiger partial charge in [-0.1, -0.05) is 20.3 Å². The molecule has 2 aromatic rings. The summed E-state index contributed by atoms with van der Waals surface area (Å²) in [5.41, 5.74) is 0.701. The first-order valence-electron chi connectivity index (χ1n) is 5.20. The molecule has 1 unspecified atom stereocenters. The van der Waals surface area contributed by atoms with E-state index in [1.54, 1.807) is 18.0 Å². The average molecular weight is 257 g/mol. The van der Waals surface area contributed by atoms with Crippen molar-refractivity contribution < 1.29 is 0 Å². The van der Waals surface area contributed by atoms with Crippen LogP contribution in [0.3, 0.4) is 0 Å². The predicted molar refractivity (Wildman–Crippen MR) is 66.9 cm³/mol. The number of aromatic nitrogens is 4. The van der Waals surface area contributed by atoms with Crippen LogP contribution in [0.5, 0.6) is 0 Å². The molecule has 4 nitrogen and oxygen atoms in total. The van der Waals surface area contributed by atoms with Crippen molar-refractivity contribution in [2.45, 2.75) is 25.3 Å². The Hall–Kier alpha value is -0.810. The van der Waals surface area contributed by atoms with Crippen molar-refractivity contribution in [3.63, 3.8) is 0 Å². The fourth-order valence-electron chi connectivity index (χ4n) is 1.23. The van der Waals surface area contributed by atoms with Gasteiger partial charge in [-0.25, -0.2) is 4.98 Å². The maximum atomic E-state index is 5.85. The number of nitrogens with zero attached hydrogens (tertiary/aromatic N) is 3. The Morgan fingerprint density at radius 3 is 3.06 bits per heavy atom. The van der Waals surface area contributed by atoms with Gasteiger partial charge in [-0.2, -0.15) is 10.1 Å². The Morgan fingerprint density at radius 1 is 1.50 bits per heavy atom. The standard InChI is InChI=1S/C10H13ClN4S/c1-3-6(2)5-16-9-7-4-12-15-8(7)13-10(11)14-9/h4,6H,3,5H2,1-2H3,(H,12,13,14,15). The Morgan fingerprint density at radius 2 is 2.31 bits per heavy atom. The number of nitrogens with one attached hydrogen (secondary N) is 1. The van der Waals surface area contributed by atoms with E-state index in [2.05, 4.69) is 34.0 Å².